The van der Waals surface area contributed by atoms with Crippen molar-refractivity contribution < 1.29 is 9.53 Å². The number of nitrogens with zero attached hydrogens (tertiary/aromatic N) is 1. The molecule has 16 heavy (non-hydrogen) atoms. The SMILES string of the molecule is COc1cc(C2(N=C=O)CC2)c(C)cc1Cl. The molecule has 0 heterocycles. The Morgan fingerprint density at radius 1 is 1.50 bits per heavy atom. The van der Waals surface area contributed by atoms with Gasteiger partial charge in [0.1, 0.15) is 5.75 Å². The maximum Gasteiger partial charge on any atom is 0.235 e. The minimum absolute atomic E-state index is 0.371. The summed E-state index contributed by atoms with van der Waals surface area (Å²) in [5.74, 6) is 0.620. The van der Waals surface area contributed by atoms with Gasteiger partial charge in [0.25, 0.3) is 0 Å². The van der Waals surface area contributed by atoms with E-state index in [1.54, 1.807) is 13.2 Å². The number of aryl methyl sites for hydroxylation is 1. The zero-order valence-electron chi connectivity index (χ0n) is 9.21. The molecule has 0 radical (unpaired) electrons. The van der Waals surface area contributed by atoms with Gasteiger partial charge in [-0.1, -0.05) is 11.6 Å². The summed E-state index contributed by atoms with van der Waals surface area (Å²) < 4.78 is 5.17. The molecule has 0 bridgehead atoms. The molecule has 0 N–H and O–H groups in total. The molecule has 1 fully saturated rings. The Kier molecular flexibility index (Phi) is 2.75. The summed E-state index contributed by atoms with van der Waals surface area (Å²) in [5.41, 5.74) is 1.67. The molecule has 0 amide bonds. The summed E-state index contributed by atoms with van der Waals surface area (Å²) in [4.78, 5) is 14.3. The predicted molar refractivity (Wildman–Crippen MR) is 61.8 cm³/mol. The number of isocyanates is 1. The molecular formula is C12H12ClNO2. The van der Waals surface area contributed by atoms with Gasteiger partial charge in [0.2, 0.25) is 6.08 Å². The Morgan fingerprint density at radius 2 is 2.19 bits per heavy atom. The van der Waals surface area contributed by atoms with Crippen LogP contribution >= 0.6 is 11.6 Å². The monoisotopic (exact) mass is 237 g/mol. The molecule has 1 aliphatic carbocycles. The molecule has 1 aliphatic rings. The molecule has 1 saturated carbocycles. The Labute approximate surface area is 99.1 Å². The molecule has 0 atom stereocenters. The second-order valence-corrected chi connectivity index (χ2v) is 4.44. The van der Waals surface area contributed by atoms with Gasteiger partial charge in [-0.05, 0) is 43.0 Å². The Hall–Kier alpha value is -1.31. The van der Waals surface area contributed by atoms with Crippen molar-refractivity contribution in [1.82, 2.24) is 0 Å². The van der Waals surface area contributed by atoms with E-state index in [9.17, 15) is 4.79 Å². The normalized spacial score (nSPS) is 16.4. The van der Waals surface area contributed by atoms with Crippen LogP contribution in [0.3, 0.4) is 0 Å². The van der Waals surface area contributed by atoms with Gasteiger partial charge in [-0.3, -0.25) is 0 Å². The first-order valence-electron chi connectivity index (χ1n) is 5.06. The third kappa shape index (κ3) is 1.73. The van der Waals surface area contributed by atoms with Crippen molar-refractivity contribution >= 4 is 17.7 Å². The van der Waals surface area contributed by atoms with Gasteiger partial charge in [0.05, 0.1) is 17.7 Å². The first kappa shape index (κ1) is 11.2. The van der Waals surface area contributed by atoms with Crippen molar-refractivity contribution in [3.8, 4) is 5.75 Å². The van der Waals surface area contributed by atoms with E-state index in [0.29, 0.717) is 10.8 Å². The summed E-state index contributed by atoms with van der Waals surface area (Å²) in [5, 5.41) is 0.578. The highest BCUT2D eigenvalue weighted by molar-refractivity contribution is 6.32. The highest BCUT2D eigenvalue weighted by Gasteiger charge is 2.46. The quantitative estimate of drug-likeness (QED) is 0.599. The first-order valence-corrected chi connectivity index (χ1v) is 5.44. The van der Waals surface area contributed by atoms with E-state index in [1.807, 2.05) is 19.1 Å². The molecular weight excluding hydrogens is 226 g/mol. The van der Waals surface area contributed by atoms with Crippen LogP contribution in [0.15, 0.2) is 17.1 Å². The van der Waals surface area contributed by atoms with Crippen LogP contribution < -0.4 is 4.74 Å². The topological polar surface area (TPSA) is 38.7 Å². The van der Waals surface area contributed by atoms with Gasteiger partial charge in [0.15, 0.2) is 0 Å². The second-order valence-electron chi connectivity index (χ2n) is 4.04. The zero-order chi connectivity index (χ0) is 11.8. The van der Waals surface area contributed by atoms with Crippen LogP contribution in [0.2, 0.25) is 5.02 Å². The third-order valence-electron chi connectivity index (χ3n) is 2.98. The average molecular weight is 238 g/mol. The Morgan fingerprint density at radius 3 is 2.69 bits per heavy atom. The van der Waals surface area contributed by atoms with E-state index in [0.717, 1.165) is 24.0 Å². The van der Waals surface area contributed by atoms with Gasteiger partial charge in [-0.25, -0.2) is 4.79 Å². The first-order chi connectivity index (χ1) is 7.63. The average Bonchev–Trinajstić information content (AvgIpc) is 2.99. The van der Waals surface area contributed by atoms with Crippen LogP contribution in [0.4, 0.5) is 0 Å². The second kappa shape index (κ2) is 3.93. The maximum absolute atomic E-state index is 10.4. The largest absolute Gasteiger partial charge is 0.495 e. The van der Waals surface area contributed by atoms with E-state index in [-0.39, 0.29) is 5.54 Å². The van der Waals surface area contributed by atoms with Crippen molar-refractivity contribution in [2.24, 2.45) is 4.99 Å². The standard InChI is InChI=1S/C12H12ClNO2/c1-8-5-10(13)11(16-2)6-9(8)12(3-4-12)14-7-15/h5-6H,3-4H2,1-2H3. The highest BCUT2D eigenvalue weighted by atomic mass is 35.5. The zero-order valence-corrected chi connectivity index (χ0v) is 9.97. The molecule has 3 nitrogen and oxygen atoms in total. The van der Waals surface area contributed by atoms with E-state index in [2.05, 4.69) is 4.99 Å². The minimum atomic E-state index is -0.371. The number of methoxy groups -OCH3 is 1. The molecule has 0 aliphatic heterocycles. The minimum Gasteiger partial charge on any atom is -0.495 e. The molecule has 0 unspecified atom stereocenters. The van der Waals surface area contributed by atoms with Gasteiger partial charge in [-0.2, -0.15) is 4.99 Å². The third-order valence-corrected chi connectivity index (χ3v) is 3.28. The smallest absolute Gasteiger partial charge is 0.235 e. The summed E-state index contributed by atoms with van der Waals surface area (Å²) in [6.45, 7) is 1.96. The van der Waals surface area contributed by atoms with Crippen molar-refractivity contribution in [1.29, 1.82) is 0 Å². The molecule has 1 aromatic carbocycles. The molecule has 4 heteroatoms. The van der Waals surface area contributed by atoms with Crippen LogP contribution in [-0.2, 0) is 10.3 Å². The van der Waals surface area contributed by atoms with Crippen molar-refractivity contribution in [3.05, 3.63) is 28.3 Å². The van der Waals surface area contributed by atoms with Gasteiger partial charge >= 0.3 is 0 Å². The summed E-state index contributed by atoms with van der Waals surface area (Å²) in [6.07, 6.45) is 3.42. The molecule has 2 rings (SSSR count). The van der Waals surface area contributed by atoms with Crippen LogP contribution in [0.25, 0.3) is 0 Å². The van der Waals surface area contributed by atoms with Crippen LogP contribution in [-0.4, -0.2) is 13.2 Å². The lowest BCUT2D eigenvalue weighted by molar-refractivity contribution is 0.413. The number of ether oxygens (including phenoxy) is 1. The van der Waals surface area contributed by atoms with Crippen molar-refractivity contribution in [2.75, 3.05) is 7.11 Å². The number of carbonyl (C=O) groups excluding carboxylic acids is 1. The lowest BCUT2D eigenvalue weighted by atomic mass is 9.99. The Balaban J connectivity index is 2.53. The van der Waals surface area contributed by atoms with Crippen molar-refractivity contribution in [3.63, 3.8) is 0 Å². The van der Waals surface area contributed by atoms with Gasteiger partial charge in [-0.15, -0.1) is 0 Å². The summed E-state index contributed by atoms with van der Waals surface area (Å²) >= 11 is 6.02. The van der Waals surface area contributed by atoms with E-state index in [4.69, 9.17) is 16.3 Å². The Bertz CT molecular complexity index is 474. The fourth-order valence-corrected chi connectivity index (χ4v) is 2.25. The van der Waals surface area contributed by atoms with Gasteiger partial charge in [0, 0.05) is 0 Å². The van der Waals surface area contributed by atoms with Crippen LogP contribution in [0.1, 0.15) is 24.0 Å². The summed E-state index contributed by atoms with van der Waals surface area (Å²) in [7, 11) is 1.57. The molecule has 84 valence electrons. The number of hydrogen-bond donors (Lipinski definition) is 0. The number of halogens is 1. The fraction of sp³-hybridized carbons (Fsp3) is 0.417. The highest BCUT2D eigenvalue weighted by Crippen LogP contribution is 2.51. The molecule has 0 aromatic heterocycles. The number of rotatable bonds is 3. The van der Waals surface area contributed by atoms with E-state index in [1.165, 1.54) is 0 Å². The molecule has 1 aromatic rings. The number of hydrogen-bond acceptors (Lipinski definition) is 3. The van der Waals surface area contributed by atoms with Gasteiger partial charge < -0.3 is 4.74 Å². The predicted octanol–water partition coefficient (Wildman–Crippen LogP) is 2.98. The molecule has 0 spiro atoms. The molecule has 0 saturated heterocycles. The number of benzene rings is 1. The van der Waals surface area contributed by atoms with E-state index < -0.39 is 0 Å². The number of aliphatic imine (C=N–C) groups is 1. The fourth-order valence-electron chi connectivity index (χ4n) is 1.96. The lowest BCUT2D eigenvalue weighted by Crippen LogP contribution is -2.05. The van der Waals surface area contributed by atoms with Crippen molar-refractivity contribution in [2.45, 2.75) is 25.3 Å². The van der Waals surface area contributed by atoms with E-state index >= 15 is 0 Å². The van der Waals surface area contributed by atoms with Crippen LogP contribution in [0.5, 0.6) is 5.75 Å². The summed E-state index contributed by atoms with van der Waals surface area (Å²) in [6, 6.07) is 3.71. The lowest BCUT2D eigenvalue weighted by Gasteiger charge is -2.14. The maximum atomic E-state index is 10.4. The van der Waals surface area contributed by atoms with Crippen LogP contribution in [0, 0.1) is 6.92 Å².